The SMILES string of the molecule is COc1ccc(S(=O)(=O)Nc2ccc(S(=O)(=O)Nc3ccc(C)c(C)c3)cc2)cc1Br. The third-order valence-electron chi connectivity index (χ3n) is 4.61. The van der Waals surface area contributed by atoms with Crippen LogP contribution < -0.4 is 14.2 Å². The van der Waals surface area contributed by atoms with Gasteiger partial charge in [-0.05, 0) is 95.5 Å². The minimum atomic E-state index is -3.87. The zero-order valence-electron chi connectivity index (χ0n) is 17.0. The van der Waals surface area contributed by atoms with Crippen LogP contribution >= 0.6 is 15.9 Å². The Morgan fingerprint density at radius 3 is 1.84 bits per heavy atom. The van der Waals surface area contributed by atoms with Crippen molar-refractivity contribution in [3.63, 3.8) is 0 Å². The molecule has 31 heavy (non-hydrogen) atoms. The van der Waals surface area contributed by atoms with Crippen LogP contribution in [0.4, 0.5) is 11.4 Å². The smallest absolute Gasteiger partial charge is 0.261 e. The summed E-state index contributed by atoms with van der Waals surface area (Å²) >= 11 is 3.26. The number of anilines is 2. The van der Waals surface area contributed by atoms with Gasteiger partial charge in [0.2, 0.25) is 0 Å². The molecule has 0 aliphatic heterocycles. The Morgan fingerprint density at radius 1 is 0.710 bits per heavy atom. The molecule has 0 heterocycles. The minimum absolute atomic E-state index is 0.0147. The molecule has 0 amide bonds. The fraction of sp³-hybridized carbons (Fsp3) is 0.143. The van der Waals surface area contributed by atoms with Crippen molar-refractivity contribution in [1.82, 2.24) is 0 Å². The second kappa shape index (κ2) is 8.89. The molecule has 0 saturated heterocycles. The molecular formula is C21H21BrN2O5S2. The van der Waals surface area contributed by atoms with Crippen LogP contribution in [0.2, 0.25) is 0 Å². The summed E-state index contributed by atoms with van der Waals surface area (Å²) in [6, 6.07) is 15.1. The lowest BCUT2D eigenvalue weighted by Crippen LogP contribution is -2.15. The van der Waals surface area contributed by atoms with Crippen molar-refractivity contribution in [3.05, 3.63) is 76.3 Å². The van der Waals surface area contributed by atoms with E-state index in [4.69, 9.17) is 4.74 Å². The number of benzene rings is 3. The van der Waals surface area contributed by atoms with Crippen molar-refractivity contribution >= 4 is 47.4 Å². The summed E-state index contributed by atoms with van der Waals surface area (Å²) in [6.45, 7) is 3.84. The Balaban J connectivity index is 1.79. The van der Waals surface area contributed by atoms with Crippen LogP contribution in [0, 0.1) is 13.8 Å². The molecule has 3 aromatic rings. The van der Waals surface area contributed by atoms with Gasteiger partial charge in [0, 0.05) is 11.4 Å². The molecule has 7 nitrogen and oxygen atoms in total. The van der Waals surface area contributed by atoms with Gasteiger partial charge in [0.25, 0.3) is 20.0 Å². The predicted octanol–water partition coefficient (Wildman–Crippen LogP) is 4.68. The van der Waals surface area contributed by atoms with Gasteiger partial charge in [-0.2, -0.15) is 0 Å². The number of rotatable bonds is 7. The van der Waals surface area contributed by atoms with Gasteiger partial charge < -0.3 is 4.74 Å². The molecule has 164 valence electrons. The average molecular weight is 525 g/mol. The Morgan fingerprint density at radius 2 is 1.26 bits per heavy atom. The molecule has 0 radical (unpaired) electrons. The maximum absolute atomic E-state index is 12.6. The van der Waals surface area contributed by atoms with Gasteiger partial charge in [0.15, 0.2) is 0 Å². The predicted molar refractivity (Wildman–Crippen MR) is 125 cm³/mol. The van der Waals surface area contributed by atoms with E-state index >= 15 is 0 Å². The Bertz CT molecular complexity index is 1320. The number of ether oxygens (including phenoxy) is 1. The third-order valence-corrected chi connectivity index (χ3v) is 8.01. The summed E-state index contributed by atoms with van der Waals surface area (Å²) < 4.78 is 61.1. The quantitative estimate of drug-likeness (QED) is 0.467. The summed E-state index contributed by atoms with van der Waals surface area (Å²) in [5, 5.41) is 0. The van der Waals surface area contributed by atoms with Crippen LogP contribution in [0.15, 0.2) is 74.9 Å². The van der Waals surface area contributed by atoms with Gasteiger partial charge in [-0.25, -0.2) is 16.8 Å². The maximum Gasteiger partial charge on any atom is 0.261 e. The number of sulfonamides is 2. The van der Waals surface area contributed by atoms with E-state index in [1.54, 1.807) is 12.1 Å². The van der Waals surface area contributed by atoms with Crippen LogP contribution in [0.25, 0.3) is 0 Å². The zero-order valence-corrected chi connectivity index (χ0v) is 20.2. The van der Waals surface area contributed by atoms with Crippen molar-refractivity contribution in [2.24, 2.45) is 0 Å². The van der Waals surface area contributed by atoms with E-state index in [0.29, 0.717) is 15.9 Å². The normalized spacial score (nSPS) is 11.7. The van der Waals surface area contributed by atoms with Gasteiger partial charge in [-0.15, -0.1) is 0 Å². The number of halogens is 1. The average Bonchev–Trinajstić information content (AvgIpc) is 2.70. The van der Waals surface area contributed by atoms with Gasteiger partial charge in [-0.1, -0.05) is 6.07 Å². The van der Waals surface area contributed by atoms with Crippen molar-refractivity contribution in [2.45, 2.75) is 23.6 Å². The molecule has 0 aliphatic carbocycles. The first-order valence-electron chi connectivity index (χ1n) is 9.08. The van der Waals surface area contributed by atoms with E-state index in [-0.39, 0.29) is 15.5 Å². The summed E-state index contributed by atoms with van der Waals surface area (Å²) in [5.41, 5.74) is 2.72. The number of methoxy groups -OCH3 is 1. The molecule has 0 spiro atoms. The number of aryl methyl sites for hydroxylation is 2. The summed E-state index contributed by atoms with van der Waals surface area (Å²) in [5.74, 6) is 0.504. The first-order valence-corrected chi connectivity index (χ1v) is 12.8. The van der Waals surface area contributed by atoms with Crippen molar-refractivity contribution in [1.29, 1.82) is 0 Å². The zero-order chi connectivity index (χ0) is 22.8. The molecule has 10 heteroatoms. The molecule has 2 N–H and O–H groups in total. The molecular weight excluding hydrogens is 504 g/mol. The monoisotopic (exact) mass is 524 g/mol. The largest absolute Gasteiger partial charge is 0.496 e. The highest BCUT2D eigenvalue weighted by Crippen LogP contribution is 2.28. The van der Waals surface area contributed by atoms with Crippen LogP contribution in [0.3, 0.4) is 0 Å². The van der Waals surface area contributed by atoms with E-state index in [0.717, 1.165) is 11.1 Å². The third kappa shape index (κ3) is 5.38. The summed E-state index contributed by atoms with van der Waals surface area (Å²) in [6.07, 6.45) is 0. The van der Waals surface area contributed by atoms with Crippen LogP contribution in [-0.4, -0.2) is 23.9 Å². The fourth-order valence-corrected chi connectivity index (χ4v) is 5.58. The minimum Gasteiger partial charge on any atom is -0.496 e. The Labute approximate surface area is 190 Å². The highest BCUT2D eigenvalue weighted by atomic mass is 79.9. The first kappa shape index (κ1) is 23.1. The van der Waals surface area contributed by atoms with Gasteiger partial charge in [-0.3, -0.25) is 9.44 Å². The maximum atomic E-state index is 12.6. The lowest BCUT2D eigenvalue weighted by molar-refractivity contribution is 0.411. The molecule has 0 bridgehead atoms. The van der Waals surface area contributed by atoms with Gasteiger partial charge >= 0.3 is 0 Å². The molecule has 0 unspecified atom stereocenters. The van der Waals surface area contributed by atoms with Crippen molar-refractivity contribution < 1.29 is 21.6 Å². The number of hydrogen-bond acceptors (Lipinski definition) is 5. The Kier molecular flexibility index (Phi) is 6.63. The van der Waals surface area contributed by atoms with E-state index < -0.39 is 20.0 Å². The molecule has 3 rings (SSSR count). The van der Waals surface area contributed by atoms with Gasteiger partial charge in [0.05, 0.1) is 21.4 Å². The molecule has 0 saturated carbocycles. The summed E-state index contributed by atoms with van der Waals surface area (Å²) in [7, 11) is -6.20. The number of hydrogen-bond donors (Lipinski definition) is 2. The van der Waals surface area contributed by atoms with Crippen LogP contribution in [0.5, 0.6) is 5.75 Å². The molecule has 0 atom stereocenters. The van der Waals surface area contributed by atoms with E-state index in [1.165, 1.54) is 49.6 Å². The lowest BCUT2D eigenvalue weighted by atomic mass is 10.1. The summed E-state index contributed by atoms with van der Waals surface area (Å²) in [4.78, 5) is 0.0501. The highest BCUT2D eigenvalue weighted by Gasteiger charge is 2.18. The number of nitrogens with one attached hydrogen (secondary N) is 2. The standard InChI is InChI=1S/C21H21BrN2O5S2/c1-14-4-5-17(12-15(14)2)24-30(25,26)18-8-6-16(7-9-18)23-31(27,28)19-10-11-21(29-3)20(22)13-19/h4-13,23-24H,1-3H3. The van der Waals surface area contributed by atoms with Crippen molar-refractivity contribution in [2.75, 3.05) is 16.6 Å². The van der Waals surface area contributed by atoms with E-state index in [9.17, 15) is 16.8 Å². The first-order chi connectivity index (χ1) is 14.5. The van der Waals surface area contributed by atoms with Crippen LogP contribution in [0.1, 0.15) is 11.1 Å². The molecule has 3 aromatic carbocycles. The lowest BCUT2D eigenvalue weighted by Gasteiger charge is -2.12. The van der Waals surface area contributed by atoms with Crippen molar-refractivity contribution in [3.8, 4) is 5.75 Å². The van der Waals surface area contributed by atoms with Crippen LogP contribution in [-0.2, 0) is 20.0 Å². The van der Waals surface area contributed by atoms with Gasteiger partial charge in [0.1, 0.15) is 5.75 Å². The Hall–Kier alpha value is -2.56. The second-order valence-corrected chi connectivity index (χ2v) is 11.0. The molecule has 0 aromatic heterocycles. The topological polar surface area (TPSA) is 102 Å². The van der Waals surface area contributed by atoms with E-state index in [1.807, 2.05) is 19.9 Å². The molecule has 0 fully saturated rings. The second-order valence-electron chi connectivity index (χ2n) is 6.83. The highest BCUT2D eigenvalue weighted by molar-refractivity contribution is 9.10. The van der Waals surface area contributed by atoms with E-state index in [2.05, 4.69) is 25.4 Å². The fourth-order valence-electron chi connectivity index (χ4n) is 2.75. The molecule has 0 aliphatic rings.